The number of anilines is 2. The standard InChI is InChI=1S/C25H25Cl2FN6O3/c1-14(21-18(26)13-32-24(28)22(21)27)37-16-4-5-19(29)17(11-16)23(30)15-3-6-20(31-12-15)33-7-9-34(10-8-33)25(35)36-2/h3-6,11-14,30H,7-10,29H2,1-2H3/t14-/m0/s1. The van der Waals surface area contributed by atoms with Crippen LogP contribution in [0.1, 0.15) is 29.7 Å². The van der Waals surface area contributed by atoms with Crippen LogP contribution in [-0.4, -0.2) is 60.0 Å². The zero-order valence-electron chi connectivity index (χ0n) is 20.2. The van der Waals surface area contributed by atoms with Crippen LogP contribution < -0.4 is 15.4 Å². The van der Waals surface area contributed by atoms with Crippen molar-refractivity contribution in [2.24, 2.45) is 0 Å². The van der Waals surface area contributed by atoms with Gasteiger partial charge in [0.25, 0.3) is 0 Å². The summed E-state index contributed by atoms with van der Waals surface area (Å²) in [7, 11) is 1.37. The number of ether oxygens (including phenoxy) is 2. The number of nitrogens with zero attached hydrogens (tertiary/aromatic N) is 4. The Balaban J connectivity index is 1.48. The van der Waals surface area contributed by atoms with E-state index in [9.17, 15) is 9.18 Å². The van der Waals surface area contributed by atoms with Gasteiger partial charge in [-0.2, -0.15) is 4.39 Å². The molecule has 1 amide bonds. The van der Waals surface area contributed by atoms with Gasteiger partial charge in [0, 0.05) is 61.0 Å². The molecule has 37 heavy (non-hydrogen) atoms. The molecule has 3 N–H and O–H groups in total. The van der Waals surface area contributed by atoms with Crippen molar-refractivity contribution in [2.45, 2.75) is 13.0 Å². The third-order valence-corrected chi connectivity index (χ3v) is 6.71. The fraction of sp³-hybridized carbons (Fsp3) is 0.280. The Morgan fingerprint density at radius 2 is 1.86 bits per heavy atom. The predicted octanol–water partition coefficient (Wildman–Crippen LogP) is 4.95. The first-order valence-corrected chi connectivity index (χ1v) is 12.1. The molecule has 194 valence electrons. The van der Waals surface area contributed by atoms with Crippen LogP contribution in [0.15, 0.2) is 42.7 Å². The number of pyridine rings is 2. The molecule has 2 aromatic heterocycles. The Labute approximate surface area is 223 Å². The normalized spacial score (nSPS) is 14.3. The van der Waals surface area contributed by atoms with Crippen LogP contribution >= 0.6 is 23.2 Å². The minimum Gasteiger partial charge on any atom is -0.486 e. The molecule has 1 aliphatic heterocycles. The third-order valence-electron chi connectivity index (χ3n) is 6.05. The average molecular weight is 547 g/mol. The molecule has 0 unspecified atom stereocenters. The van der Waals surface area contributed by atoms with E-state index < -0.39 is 12.1 Å². The summed E-state index contributed by atoms with van der Waals surface area (Å²) < 4.78 is 24.6. The summed E-state index contributed by atoms with van der Waals surface area (Å²) in [5.41, 5.74) is 8.01. The van der Waals surface area contributed by atoms with Gasteiger partial charge >= 0.3 is 6.09 Å². The summed E-state index contributed by atoms with van der Waals surface area (Å²) in [6.45, 7) is 4.01. The Morgan fingerprint density at radius 1 is 1.14 bits per heavy atom. The largest absolute Gasteiger partial charge is 0.486 e. The van der Waals surface area contributed by atoms with Crippen molar-refractivity contribution < 1.29 is 18.7 Å². The maximum Gasteiger partial charge on any atom is 0.409 e. The Hall–Kier alpha value is -3.63. The molecule has 4 rings (SSSR count). The van der Waals surface area contributed by atoms with E-state index in [1.807, 2.05) is 6.07 Å². The molecule has 12 heteroatoms. The molecule has 9 nitrogen and oxygen atoms in total. The quantitative estimate of drug-likeness (QED) is 0.255. The van der Waals surface area contributed by atoms with Crippen LogP contribution in [0, 0.1) is 11.4 Å². The van der Waals surface area contributed by atoms with Crippen molar-refractivity contribution in [3.05, 3.63) is 75.4 Å². The van der Waals surface area contributed by atoms with Crippen LogP contribution in [-0.2, 0) is 4.74 Å². The smallest absolute Gasteiger partial charge is 0.409 e. The molecule has 0 radical (unpaired) electrons. The Morgan fingerprint density at radius 3 is 2.51 bits per heavy atom. The number of methoxy groups -OCH3 is 1. The summed E-state index contributed by atoms with van der Waals surface area (Å²) in [6.07, 6.45) is 1.76. The molecule has 3 aromatic rings. The minimum absolute atomic E-state index is 0.163. The summed E-state index contributed by atoms with van der Waals surface area (Å²) in [5, 5.41) is 8.69. The van der Waals surface area contributed by atoms with Crippen molar-refractivity contribution in [3.63, 3.8) is 0 Å². The number of nitrogens with one attached hydrogen (secondary N) is 1. The fourth-order valence-electron chi connectivity index (χ4n) is 4.04. The van der Waals surface area contributed by atoms with E-state index in [1.165, 1.54) is 13.3 Å². The van der Waals surface area contributed by atoms with E-state index in [0.29, 0.717) is 48.7 Å². The number of hydrogen-bond donors (Lipinski definition) is 2. The molecule has 0 saturated carbocycles. The molecule has 3 heterocycles. The van der Waals surface area contributed by atoms with Gasteiger partial charge in [0.15, 0.2) is 0 Å². The maximum atomic E-state index is 13.8. The van der Waals surface area contributed by atoms with Crippen molar-refractivity contribution >= 4 is 46.5 Å². The lowest BCUT2D eigenvalue weighted by Gasteiger charge is -2.34. The first kappa shape index (κ1) is 26.4. The highest BCUT2D eigenvalue weighted by Gasteiger charge is 2.23. The lowest BCUT2D eigenvalue weighted by molar-refractivity contribution is 0.121. The topological polar surface area (TPSA) is 118 Å². The van der Waals surface area contributed by atoms with Gasteiger partial charge in [-0.15, -0.1) is 0 Å². The van der Waals surface area contributed by atoms with E-state index in [1.54, 1.807) is 42.3 Å². The minimum atomic E-state index is -0.836. The number of piperazine rings is 1. The second-order valence-electron chi connectivity index (χ2n) is 8.36. The van der Waals surface area contributed by atoms with Crippen LogP contribution in [0.5, 0.6) is 5.75 Å². The highest BCUT2D eigenvalue weighted by Crippen LogP contribution is 2.34. The van der Waals surface area contributed by atoms with Crippen molar-refractivity contribution in [1.29, 1.82) is 5.41 Å². The van der Waals surface area contributed by atoms with Crippen molar-refractivity contribution in [3.8, 4) is 5.75 Å². The maximum absolute atomic E-state index is 13.8. The van der Waals surface area contributed by atoms with Gasteiger partial charge < -0.3 is 25.0 Å². The van der Waals surface area contributed by atoms with Gasteiger partial charge in [0.2, 0.25) is 5.95 Å². The predicted molar refractivity (Wildman–Crippen MR) is 140 cm³/mol. The number of benzene rings is 1. The van der Waals surface area contributed by atoms with Crippen molar-refractivity contribution in [2.75, 3.05) is 43.9 Å². The number of carbonyl (C=O) groups excluding carboxylic acids is 1. The first-order chi connectivity index (χ1) is 17.7. The van der Waals surface area contributed by atoms with Gasteiger partial charge in [-0.1, -0.05) is 23.2 Å². The average Bonchev–Trinajstić information content (AvgIpc) is 2.91. The molecule has 1 aromatic carbocycles. The van der Waals surface area contributed by atoms with Gasteiger partial charge in [0.05, 0.1) is 17.8 Å². The third kappa shape index (κ3) is 5.70. The molecule has 1 atom stereocenters. The highest BCUT2D eigenvalue weighted by atomic mass is 35.5. The molecular weight excluding hydrogens is 522 g/mol. The summed E-state index contributed by atoms with van der Waals surface area (Å²) in [4.78, 5) is 23.4. The van der Waals surface area contributed by atoms with Gasteiger partial charge in [0.1, 0.15) is 22.7 Å². The van der Waals surface area contributed by atoms with E-state index in [2.05, 4.69) is 14.9 Å². The number of nitrogens with two attached hydrogens (primary N) is 1. The van der Waals surface area contributed by atoms with Gasteiger partial charge in [-0.05, 0) is 37.3 Å². The SMILES string of the molecule is COC(=O)N1CCN(c2ccc(C(=N)c3cc(O[C@@H](C)c4c(Cl)cnc(F)c4Cl)ccc3N)cn2)CC1. The van der Waals surface area contributed by atoms with E-state index in [0.717, 1.165) is 5.82 Å². The number of amides is 1. The molecule has 0 aliphatic carbocycles. The molecular formula is C25H25Cl2FN6O3. The fourth-order valence-corrected chi connectivity index (χ4v) is 4.69. The number of halogens is 3. The van der Waals surface area contributed by atoms with E-state index in [-0.39, 0.29) is 27.4 Å². The second kappa shape index (κ2) is 11.2. The number of nitrogen functional groups attached to an aromatic ring is 1. The first-order valence-electron chi connectivity index (χ1n) is 11.4. The van der Waals surface area contributed by atoms with Crippen LogP contribution in [0.4, 0.5) is 20.7 Å². The van der Waals surface area contributed by atoms with Crippen molar-refractivity contribution in [1.82, 2.24) is 14.9 Å². The second-order valence-corrected chi connectivity index (χ2v) is 9.14. The Bertz CT molecular complexity index is 1320. The number of aromatic nitrogens is 2. The van der Waals surface area contributed by atoms with Crippen LogP contribution in [0.25, 0.3) is 0 Å². The van der Waals surface area contributed by atoms with Crippen LogP contribution in [0.2, 0.25) is 10.0 Å². The highest BCUT2D eigenvalue weighted by molar-refractivity contribution is 6.35. The lowest BCUT2D eigenvalue weighted by atomic mass is 10.0. The number of rotatable bonds is 6. The van der Waals surface area contributed by atoms with Crippen LogP contribution in [0.3, 0.4) is 0 Å². The molecule has 1 aliphatic rings. The number of hydrogen-bond acceptors (Lipinski definition) is 8. The zero-order valence-corrected chi connectivity index (χ0v) is 21.7. The Kier molecular flexibility index (Phi) is 7.99. The lowest BCUT2D eigenvalue weighted by Crippen LogP contribution is -2.49. The molecule has 0 spiro atoms. The molecule has 1 fully saturated rings. The molecule has 1 saturated heterocycles. The molecule has 0 bridgehead atoms. The monoisotopic (exact) mass is 546 g/mol. The summed E-state index contributed by atoms with van der Waals surface area (Å²) >= 11 is 12.2. The summed E-state index contributed by atoms with van der Waals surface area (Å²) in [6, 6.07) is 8.54. The zero-order chi connectivity index (χ0) is 26.7. The van der Waals surface area contributed by atoms with E-state index in [4.69, 9.17) is 43.8 Å². The van der Waals surface area contributed by atoms with Gasteiger partial charge in [-0.3, -0.25) is 5.41 Å². The summed E-state index contributed by atoms with van der Waals surface area (Å²) in [5.74, 6) is 0.315. The van der Waals surface area contributed by atoms with E-state index >= 15 is 0 Å². The van der Waals surface area contributed by atoms with Gasteiger partial charge in [-0.25, -0.2) is 14.8 Å². The number of carbonyl (C=O) groups is 1.